The fourth-order valence-corrected chi connectivity index (χ4v) is 2.33. The summed E-state index contributed by atoms with van der Waals surface area (Å²) in [6.07, 6.45) is 0.290. The molecule has 0 amide bonds. The topological polar surface area (TPSA) is 44.5 Å². The average Bonchev–Trinajstić information content (AvgIpc) is 2.35. The summed E-state index contributed by atoms with van der Waals surface area (Å²) in [6, 6.07) is 0. The van der Waals surface area contributed by atoms with Crippen LogP contribution in [-0.2, 0) is 9.47 Å². The summed E-state index contributed by atoms with van der Waals surface area (Å²) in [7, 11) is 0. The van der Waals surface area contributed by atoms with Crippen LogP contribution in [0.15, 0.2) is 0 Å². The first-order valence-electron chi connectivity index (χ1n) is 6.85. The first-order valence-corrected chi connectivity index (χ1v) is 6.85. The van der Waals surface area contributed by atoms with Gasteiger partial charge in [0, 0.05) is 19.8 Å². The van der Waals surface area contributed by atoms with Gasteiger partial charge in [0.15, 0.2) is 0 Å². The smallest absolute Gasteiger partial charge is 0.374 e. The summed E-state index contributed by atoms with van der Waals surface area (Å²) in [5.74, 6) is 0.707. The Morgan fingerprint density at radius 3 is 2.37 bits per heavy atom. The van der Waals surface area contributed by atoms with Gasteiger partial charge in [-0.05, 0) is 38.0 Å². The maximum Gasteiger partial charge on any atom is 0.411 e. The number of hydrogen-bond donors (Lipinski definition) is 1. The highest BCUT2D eigenvalue weighted by Crippen LogP contribution is 2.34. The lowest BCUT2D eigenvalue weighted by atomic mass is 9.79. The van der Waals surface area contributed by atoms with Gasteiger partial charge >= 0.3 is 6.18 Å². The van der Waals surface area contributed by atoms with Gasteiger partial charge in [-0.1, -0.05) is 6.92 Å². The van der Waals surface area contributed by atoms with Crippen LogP contribution >= 0.6 is 0 Å². The SMILES string of the molecule is CC1CCC(CN)(OCCCOCC(F)(F)F)CC1. The fraction of sp³-hybridized carbons (Fsp3) is 1.00. The van der Waals surface area contributed by atoms with Crippen molar-refractivity contribution in [1.82, 2.24) is 0 Å². The Bertz CT molecular complexity index is 251. The highest BCUT2D eigenvalue weighted by Gasteiger charge is 2.33. The van der Waals surface area contributed by atoms with Gasteiger partial charge in [0.05, 0.1) is 5.60 Å². The van der Waals surface area contributed by atoms with E-state index in [-0.39, 0.29) is 12.2 Å². The van der Waals surface area contributed by atoms with Crippen LogP contribution in [0.5, 0.6) is 0 Å². The van der Waals surface area contributed by atoms with Gasteiger partial charge in [-0.15, -0.1) is 0 Å². The maximum absolute atomic E-state index is 11.8. The molecular formula is C13H24F3NO2. The Kier molecular flexibility index (Phi) is 6.56. The van der Waals surface area contributed by atoms with E-state index in [1.807, 2.05) is 0 Å². The molecule has 0 atom stereocenters. The summed E-state index contributed by atoms with van der Waals surface area (Å²) in [5.41, 5.74) is 5.51. The second-order valence-corrected chi connectivity index (χ2v) is 5.44. The summed E-state index contributed by atoms with van der Waals surface area (Å²) in [4.78, 5) is 0. The first-order chi connectivity index (χ1) is 8.87. The van der Waals surface area contributed by atoms with Crippen molar-refractivity contribution in [3.8, 4) is 0 Å². The Morgan fingerprint density at radius 1 is 1.21 bits per heavy atom. The van der Waals surface area contributed by atoms with Crippen LogP contribution in [0.1, 0.15) is 39.0 Å². The molecule has 1 fully saturated rings. The Hall–Kier alpha value is -0.330. The Morgan fingerprint density at radius 2 is 1.84 bits per heavy atom. The van der Waals surface area contributed by atoms with Gasteiger partial charge in [-0.3, -0.25) is 0 Å². The highest BCUT2D eigenvalue weighted by atomic mass is 19.4. The molecule has 2 N–H and O–H groups in total. The maximum atomic E-state index is 11.8. The molecule has 6 heteroatoms. The predicted molar refractivity (Wildman–Crippen MR) is 66.9 cm³/mol. The van der Waals surface area contributed by atoms with Gasteiger partial charge in [0.2, 0.25) is 0 Å². The third-order valence-electron chi connectivity index (χ3n) is 3.66. The van der Waals surface area contributed by atoms with Crippen LogP contribution in [-0.4, -0.2) is 38.1 Å². The van der Waals surface area contributed by atoms with E-state index in [1.165, 1.54) is 0 Å². The van der Waals surface area contributed by atoms with Crippen LogP contribution < -0.4 is 5.73 Å². The summed E-state index contributed by atoms with van der Waals surface area (Å²) in [5, 5.41) is 0. The molecule has 0 aliphatic heterocycles. The van der Waals surface area contributed by atoms with Crippen LogP contribution in [0, 0.1) is 5.92 Å². The standard InChI is InChI=1S/C13H24F3NO2/c1-11-3-5-12(9-17,6-4-11)19-8-2-7-18-10-13(14,15)16/h11H,2-10,17H2,1H3. The quantitative estimate of drug-likeness (QED) is 0.731. The molecule has 0 spiro atoms. The molecule has 0 saturated heterocycles. The van der Waals surface area contributed by atoms with E-state index >= 15 is 0 Å². The number of hydrogen-bond acceptors (Lipinski definition) is 3. The molecule has 0 bridgehead atoms. The van der Waals surface area contributed by atoms with Crippen molar-refractivity contribution in [3.63, 3.8) is 0 Å². The second-order valence-electron chi connectivity index (χ2n) is 5.44. The third-order valence-corrected chi connectivity index (χ3v) is 3.66. The van der Waals surface area contributed by atoms with Crippen LogP contribution in [0.4, 0.5) is 13.2 Å². The van der Waals surface area contributed by atoms with Gasteiger partial charge in [0.25, 0.3) is 0 Å². The molecule has 0 aromatic rings. The van der Waals surface area contributed by atoms with Crippen molar-refractivity contribution in [2.24, 2.45) is 11.7 Å². The minimum Gasteiger partial charge on any atom is -0.374 e. The number of halogens is 3. The Labute approximate surface area is 112 Å². The van der Waals surface area contributed by atoms with E-state index in [0.29, 0.717) is 25.5 Å². The van der Waals surface area contributed by atoms with Crippen molar-refractivity contribution < 1.29 is 22.6 Å². The highest BCUT2D eigenvalue weighted by molar-refractivity contribution is 4.87. The summed E-state index contributed by atoms with van der Waals surface area (Å²) >= 11 is 0. The molecule has 1 aliphatic carbocycles. The van der Waals surface area contributed by atoms with Gasteiger partial charge < -0.3 is 15.2 Å². The Balaban J connectivity index is 2.13. The number of rotatable bonds is 7. The van der Waals surface area contributed by atoms with Crippen molar-refractivity contribution in [1.29, 1.82) is 0 Å². The molecule has 0 aromatic heterocycles. The molecule has 1 saturated carbocycles. The van der Waals surface area contributed by atoms with Gasteiger partial charge in [0.1, 0.15) is 6.61 Å². The van der Waals surface area contributed by atoms with E-state index in [2.05, 4.69) is 11.7 Å². The molecule has 0 heterocycles. The molecule has 0 unspecified atom stereocenters. The predicted octanol–water partition coefficient (Wildman–Crippen LogP) is 2.88. The van der Waals surface area contributed by atoms with Gasteiger partial charge in [-0.2, -0.15) is 13.2 Å². The van der Waals surface area contributed by atoms with Crippen molar-refractivity contribution >= 4 is 0 Å². The zero-order chi connectivity index (χ0) is 14.4. The lowest BCUT2D eigenvalue weighted by Gasteiger charge is -2.38. The molecule has 0 aromatic carbocycles. The zero-order valence-corrected chi connectivity index (χ0v) is 11.5. The van der Waals surface area contributed by atoms with E-state index in [0.717, 1.165) is 25.7 Å². The van der Waals surface area contributed by atoms with Crippen LogP contribution in [0.3, 0.4) is 0 Å². The largest absolute Gasteiger partial charge is 0.411 e. The minimum atomic E-state index is -4.25. The molecule has 3 nitrogen and oxygen atoms in total. The van der Waals surface area contributed by atoms with E-state index in [4.69, 9.17) is 10.5 Å². The minimum absolute atomic E-state index is 0.0660. The van der Waals surface area contributed by atoms with Crippen molar-refractivity contribution in [2.75, 3.05) is 26.4 Å². The van der Waals surface area contributed by atoms with E-state index in [9.17, 15) is 13.2 Å². The number of alkyl halides is 3. The van der Waals surface area contributed by atoms with Crippen molar-refractivity contribution in [3.05, 3.63) is 0 Å². The van der Waals surface area contributed by atoms with E-state index < -0.39 is 12.8 Å². The molecule has 1 aliphatic rings. The summed E-state index contributed by atoms with van der Waals surface area (Å²) < 4.78 is 45.9. The summed E-state index contributed by atoms with van der Waals surface area (Å²) in [6.45, 7) is 1.97. The molecular weight excluding hydrogens is 259 g/mol. The third kappa shape index (κ3) is 6.58. The first kappa shape index (κ1) is 16.7. The number of ether oxygens (including phenoxy) is 2. The molecule has 1 rings (SSSR count). The molecule has 0 radical (unpaired) electrons. The number of nitrogens with two attached hydrogens (primary N) is 1. The monoisotopic (exact) mass is 283 g/mol. The second kappa shape index (κ2) is 7.45. The van der Waals surface area contributed by atoms with Crippen molar-refractivity contribution in [2.45, 2.75) is 50.8 Å². The van der Waals surface area contributed by atoms with Crippen LogP contribution in [0.2, 0.25) is 0 Å². The molecule has 114 valence electrons. The zero-order valence-electron chi connectivity index (χ0n) is 11.5. The molecule has 19 heavy (non-hydrogen) atoms. The van der Waals surface area contributed by atoms with E-state index in [1.54, 1.807) is 0 Å². The fourth-order valence-electron chi connectivity index (χ4n) is 2.33. The van der Waals surface area contributed by atoms with Crippen LogP contribution in [0.25, 0.3) is 0 Å². The lowest BCUT2D eigenvalue weighted by Crippen LogP contribution is -2.44. The average molecular weight is 283 g/mol. The lowest BCUT2D eigenvalue weighted by molar-refractivity contribution is -0.175. The van der Waals surface area contributed by atoms with Gasteiger partial charge in [-0.25, -0.2) is 0 Å². The normalized spacial score (nSPS) is 28.6.